The Labute approximate surface area is 122 Å². The van der Waals surface area contributed by atoms with Gasteiger partial charge in [0, 0.05) is 32.0 Å². The lowest BCUT2D eigenvalue weighted by molar-refractivity contribution is 0.141. The van der Waals surface area contributed by atoms with Crippen LogP contribution >= 0.6 is 0 Å². The van der Waals surface area contributed by atoms with Crippen LogP contribution in [0.25, 0.3) is 0 Å². The van der Waals surface area contributed by atoms with Crippen molar-refractivity contribution in [3.63, 3.8) is 0 Å². The van der Waals surface area contributed by atoms with Gasteiger partial charge in [0.1, 0.15) is 0 Å². The molecule has 0 saturated carbocycles. The first-order valence-electron chi connectivity index (χ1n) is 7.51. The zero-order chi connectivity index (χ0) is 14.6. The van der Waals surface area contributed by atoms with Crippen molar-refractivity contribution in [2.24, 2.45) is 5.73 Å². The van der Waals surface area contributed by atoms with Gasteiger partial charge in [-0.05, 0) is 38.4 Å². The molecule has 0 radical (unpaired) electrons. The highest BCUT2D eigenvalue weighted by molar-refractivity contribution is 5.53. The molecule has 0 spiro atoms. The Morgan fingerprint density at radius 2 is 1.60 bits per heavy atom. The zero-order valence-corrected chi connectivity index (χ0v) is 12.8. The van der Waals surface area contributed by atoms with Gasteiger partial charge in [0.25, 0.3) is 0 Å². The molecule has 1 aromatic carbocycles. The molecule has 0 bridgehead atoms. The summed E-state index contributed by atoms with van der Waals surface area (Å²) in [5.74, 6) is 0. The van der Waals surface area contributed by atoms with Gasteiger partial charge in [0.15, 0.2) is 0 Å². The maximum atomic E-state index is 5.70. The molecule has 4 heteroatoms. The Kier molecular flexibility index (Phi) is 9.04. The summed E-state index contributed by atoms with van der Waals surface area (Å²) >= 11 is 0. The summed E-state index contributed by atoms with van der Waals surface area (Å²) in [5.41, 5.74) is 8.25. The van der Waals surface area contributed by atoms with Crippen molar-refractivity contribution in [2.45, 2.75) is 20.3 Å². The molecule has 2 N–H and O–H groups in total. The van der Waals surface area contributed by atoms with E-state index in [1.165, 1.54) is 11.3 Å². The van der Waals surface area contributed by atoms with Crippen LogP contribution in [0.1, 0.15) is 19.4 Å². The molecule has 0 fully saturated rings. The van der Waals surface area contributed by atoms with Crippen LogP contribution in [0.3, 0.4) is 0 Å². The zero-order valence-electron chi connectivity index (χ0n) is 12.8. The van der Waals surface area contributed by atoms with E-state index in [4.69, 9.17) is 15.2 Å². The van der Waals surface area contributed by atoms with Crippen LogP contribution in [0, 0.1) is 0 Å². The monoisotopic (exact) mass is 280 g/mol. The first-order chi connectivity index (χ1) is 9.83. The second-order valence-electron chi connectivity index (χ2n) is 4.55. The van der Waals surface area contributed by atoms with E-state index >= 15 is 0 Å². The van der Waals surface area contributed by atoms with E-state index in [-0.39, 0.29) is 0 Å². The van der Waals surface area contributed by atoms with E-state index < -0.39 is 0 Å². The van der Waals surface area contributed by atoms with Crippen LogP contribution in [0.2, 0.25) is 0 Å². The maximum absolute atomic E-state index is 5.70. The fourth-order valence-electron chi connectivity index (χ4n) is 2.18. The van der Waals surface area contributed by atoms with Crippen molar-refractivity contribution < 1.29 is 9.47 Å². The molecule has 4 nitrogen and oxygen atoms in total. The van der Waals surface area contributed by atoms with Gasteiger partial charge in [-0.2, -0.15) is 0 Å². The van der Waals surface area contributed by atoms with Gasteiger partial charge in [0.05, 0.1) is 13.2 Å². The SMILES string of the molecule is CCOCCN(CCOCC)c1ccccc1CCN. The van der Waals surface area contributed by atoms with Crippen molar-refractivity contribution >= 4 is 5.69 Å². The van der Waals surface area contributed by atoms with E-state index in [2.05, 4.69) is 29.2 Å². The van der Waals surface area contributed by atoms with Gasteiger partial charge in [-0.1, -0.05) is 18.2 Å². The predicted octanol–water partition coefficient (Wildman–Crippen LogP) is 2.07. The predicted molar refractivity (Wildman–Crippen MR) is 84.4 cm³/mol. The number of anilines is 1. The summed E-state index contributed by atoms with van der Waals surface area (Å²) in [5, 5.41) is 0. The lowest BCUT2D eigenvalue weighted by Crippen LogP contribution is -2.32. The van der Waals surface area contributed by atoms with Crippen LogP contribution in [0.15, 0.2) is 24.3 Å². The normalized spacial score (nSPS) is 10.8. The number of hydrogen-bond donors (Lipinski definition) is 1. The molecule has 1 aromatic rings. The van der Waals surface area contributed by atoms with Crippen molar-refractivity contribution in [1.82, 2.24) is 0 Å². The highest BCUT2D eigenvalue weighted by Crippen LogP contribution is 2.20. The number of hydrogen-bond acceptors (Lipinski definition) is 4. The number of ether oxygens (including phenoxy) is 2. The maximum Gasteiger partial charge on any atom is 0.0641 e. The van der Waals surface area contributed by atoms with Crippen LogP contribution < -0.4 is 10.6 Å². The van der Waals surface area contributed by atoms with E-state index in [9.17, 15) is 0 Å². The first kappa shape index (κ1) is 17.0. The largest absolute Gasteiger partial charge is 0.380 e. The summed E-state index contributed by atoms with van der Waals surface area (Å²) in [7, 11) is 0. The third kappa shape index (κ3) is 5.90. The summed E-state index contributed by atoms with van der Waals surface area (Å²) in [6.07, 6.45) is 0.899. The van der Waals surface area contributed by atoms with Crippen molar-refractivity contribution in [2.75, 3.05) is 51.0 Å². The van der Waals surface area contributed by atoms with Crippen LogP contribution in [-0.4, -0.2) is 46.1 Å². The average Bonchev–Trinajstić information content (AvgIpc) is 2.47. The van der Waals surface area contributed by atoms with Crippen molar-refractivity contribution in [3.8, 4) is 0 Å². The molecule has 0 aromatic heterocycles. The number of rotatable bonds is 11. The summed E-state index contributed by atoms with van der Waals surface area (Å²) in [6, 6.07) is 8.45. The summed E-state index contributed by atoms with van der Waals surface area (Å²) in [6.45, 7) is 9.44. The van der Waals surface area contributed by atoms with Crippen LogP contribution in [0.5, 0.6) is 0 Å². The Bertz CT molecular complexity index is 348. The second-order valence-corrected chi connectivity index (χ2v) is 4.55. The fraction of sp³-hybridized carbons (Fsp3) is 0.625. The molecule has 20 heavy (non-hydrogen) atoms. The van der Waals surface area contributed by atoms with Gasteiger partial charge in [-0.15, -0.1) is 0 Å². The molecule has 0 amide bonds. The molecule has 0 unspecified atom stereocenters. The number of nitrogens with zero attached hydrogens (tertiary/aromatic N) is 1. The quantitative estimate of drug-likeness (QED) is 0.630. The topological polar surface area (TPSA) is 47.7 Å². The van der Waals surface area contributed by atoms with E-state index in [1.54, 1.807) is 0 Å². The molecular formula is C16H28N2O2. The molecule has 0 atom stereocenters. The molecule has 114 valence electrons. The van der Waals surface area contributed by atoms with Gasteiger partial charge in [0.2, 0.25) is 0 Å². The Hall–Kier alpha value is -1.10. The van der Waals surface area contributed by atoms with Gasteiger partial charge >= 0.3 is 0 Å². The van der Waals surface area contributed by atoms with Gasteiger partial charge < -0.3 is 20.1 Å². The Morgan fingerprint density at radius 3 is 2.15 bits per heavy atom. The van der Waals surface area contributed by atoms with Crippen molar-refractivity contribution in [3.05, 3.63) is 29.8 Å². The summed E-state index contributed by atoms with van der Waals surface area (Å²) in [4.78, 5) is 2.33. The molecule has 0 saturated heterocycles. The molecule has 0 aliphatic rings. The molecule has 0 aliphatic carbocycles. The standard InChI is InChI=1S/C16H28N2O2/c1-3-19-13-11-18(12-14-20-4-2)16-8-6-5-7-15(16)9-10-17/h5-8H,3-4,9-14,17H2,1-2H3. The van der Waals surface area contributed by atoms with E-state index in [0.29, 0.717) is 6.54 Å². The first-order valence-corrected chi connectivity index (χ1v) is 7.51. The summed E-state index contributed by atoms with van der Waals surface area (Å²) < 4.78 is 11.0. The highest BCUT2D eigenvalue weighted by atomic mass is 16.5. The average molecular weight is 280 g/mol. The molecule has 0 heterocycles. The van der Waals surface area contributed by atoms with Gasteiger partial charge in [-0.3, -0.25) is 0 Å². The lowest BCUT2D eigenvalue weighted by Gasteiger charge is -2.27. The number of nitrogens with two attached hydrogens (primary N) is 1. The Balaban J connectivity index is 2.73. The third-order valence-electron chi connectivity index (χ3n) is 3.17. The lowest BCUT2D eigenvalue weighted by atomic mass is 10.1. The fourth-order valence-corrected chi connectivity index (χ4v) is 2.18. The van der Waals surface area contributed by atoms with E-state index in [1.807, 2.05) is 13.8 Å². The van der Waals surface area contributed by atoms with Crippen LogP contribution in [-0.2, 0) is 15.9 Å². The molecule has 0 aliphatic heterocycles. The minimum atomic E-state index is 0.668. The number of benzene rings is 1. The highest BCUT2D eigenvalue weighted by Gasteiger charge is 2.10. The number of para-hydroxylation sites is 1. The minimum Gasteiger partial charge on any atom is -0.380 e. The Morgan fingerprint density at radius 1 is 1.00 bits per heavy atom. The third-order valence-corrected chi connectivity index (χ3v) is 3.17. The van der Waals surface area contributed by atoms with E-state index in [0.717, 1.165) is 45.9 Å². The molecular weight excluding hydrogens is 252 g/mol. The van der Waals surface area contributed by atoms with Crippen molar-refractivity contribution in [1.29, 1.82) is 0 Å². The second kappa shape index (κ2) is 10.7. The minimum absolute atomic E-state index is 0.668. The van der Waals surface area contributed by atoms with Crippen LogP contribution in [0.4, 0.5) is 5.69 Å². The smallest absolute Gasteiger partial charge is 0.0641 e. The van der Waals surface area contributed by atoms with Gasteiger partial charge in [-0.25, -0.2) is 0 Å². The molecule has 1 rings (SSSR count).